The Morgan fingerprint density at radius 2 is 2.07 bits per heavy atom. The van der Waals surface area contributed by atoms with Gasteiger partial charge in [0.25, 0.3) is 5.91 Å². The topological polar surface area (TPSA) is 60.1 Å². The van der Waals surface area contributed by atoms with Crippen LogP contribution in [0.1, 0.15) is 40.0 Å². The van der Waals surface area contributed by atoms with Gasteiger partial charge >= 0.3 is 0 Å². The summed E-state index contributed by atoms with van der Waals surface area (Å²) in [5.41, 5.74) is 2.14. The lowest BCUT2D eigenvalue weighted by Crippen LogP contribution is -2.32. The van der Waals surface area contributed by atoms with Crippen LogP contribution in [0, 0.1) is 6.92 Å². The molecule has 0 saturated carbocycles. The van der Waals surface area contributed by atoms with Crippen LogP contribution in [0.2, 0.25) is 0 Å². The van der Waals surface area contributed by atoms with Gasteiger partial charge in [-0.05, 0) is 44.0 Å². The highest BCUT2D eigenvalue weighted by molar-refractivity contribution is 7.20. The van der Waals surface area contributed by atoms with Crippen LogP contribution >= 0.6 is 11.3 Å². The van der Waals surface area contributed by atoms with E-state index in [0.29, 0.717) is 6.54 Å². The molecule has 6 heteroatoms. The molecule has 1 aromatic carbocycles. The van der Waals surface area contributed by atoms with Gasteiger partial charge in [0.15, 0.2) is 0 Å². The Kier molecular flexibility index (Phi) is 5.30. The summed E-state index contributed by atoms with van der Waals surface area (Å²) in [6, 6.07) is 16.1. The van der Waals surface area contributed by atoms with E-state index < -0.39 is 0 Å². The minimum Gasteiger partial charge on any atom is -0.469 e. The molecule has 1 atom stereocenters. The Morgan fingerprint density at radius 1 is 1.25 bits per heavy atom. The van der Waals surface area contributed by atoms with Crippen molar-refractivity contribution in [2.75, 3.05) is 0 Å². The molecule has 0 aliphatic rings. The van der Waals surface area contributed by atoms with Gasteiger partial charge in [-0.1, -0.05) is 30.3 Å². The number of benzene rings is 1. The molecular weight excluding hydrogens is 370 g/mol. The predicted octanol–water partition coefficient (Wildman–Crippen LogP) is 4.80. The van der Waals surface area contributed by atoms with Crippen LogP contribution < -0.4 is 5.32 Å². The molecule has 144 valence electrons. The summed E-state index contributed by atoms with van der Waals surface area (Å²) >= 11 is 1.50. The van der Waals surface area contributed by atoms with Gasteiger partial charge in [-0.25, -0.2) is 0 Å². The summed E-state index contributed by atoms with van der Waals surface area (Å²) in [5, 5.41) is 8.80. The number of thiophene rings is 1. The summed E-state index contributed by atoms with van der Waals surface area (Å²) in [6.07, 6.45) is 3.33. The van der Waals surface area contributed by atoms with Gasteiger partial charge in [0.05, 0.1) is 23.4 Å². The van der Waals surface area contributed by atoms with Crippen molar-refractivity contribution in [3.8, 4) is 0 Å². The average Bonchev–Trinajstić information content (AvgIpc) is 3.41. The van der Waals surface area contributed by atoms with E-state index in [4.69, 9.17) is 4.42 Å². The number of hydrogen-bond donors (Lipinski definition) is 1. The lowest BCUT2D eigenvalue weighted by atomic mass is 10.1. The normalized spacial score (nSPS) is 12.4. The summed E-state index contributed by atoms with van der Waals surface area (Å²) in [6.45, 7) is 4.72. The van der Waals surface area contributed by atoms with E-state index in [1.54, 1.807) is 6.26 Å². The zero-order valence-corrected chi connectivity index (χ0v) is 16.8. The van der Waals surface area contributed by atoms with Gasteiger partial charge in [-0.2, -0.15) is 5.10 Å². The number of fused-ring (bicyclic) bond motifs is 1. The third-order valence-electron chi connectivity index (χ3n) is 4.79. The first-order chi connectivity index (χ1) is 13.6. The number of rotatable bonds is 7. The van der Waals surface area contributed by atoms with Crippen LogP contribution in [-0.4, -0.2) is 21.7 Å². The third-order valence-corrected chi connectivity index (χ3v) is 5.93. The van der Waals surface area contributed by atoms with E-state index in [1.165, 1.54) is 16.9 Å². The molecule has 0 fully saturated rings. The van der Waals surface area contributed by atoms with Gasteiger partial charge in [0.1, 0.15) is 10.6 Å². The fourth-order valence-electron chi connectivity index (χ4n) is 3.27. The lowest BCUT2D eigenvalue weighted by molar-refractivity contribution is 0.0942. The van der Waals surface area contributed by atoms with Crippen LogP contribution in [0.15, 0.2) is 59.2 Å². The van der Waals surface area contributed by atoms with E-state index >= 15 is 0 Å². The molecule has 4 aromatic rings. The Morgan fingerprint density at radius 3 is 2.82 bits per heavy atom. The van der Waals surface area contributed by atoms with Gasteiger partial charge in [-0.3, -0.25) is 9.48 Å². The Labute approximate surface area is 168 Å². The SMILES string of the molecule is Cc1nn(Cc2ccccc2)c2sc(C(=O)N[C@@H](C)CCc3ccco3)cc12. The van der Waals surface area contributed by atoms with Crippen molar-refractivity contribution in [3.05, 3.63) is 76.7 Å². The molecule has 3 aromatic heterocycles. The molecule has 0 unspecified atom stereocenters. The quantitative estimate of drug-likeness (QED) is 0.491. The van der Waals surface area contributed by atoms with Gasteiger partial charge < -0.3 is 9.73 Å². The molecule has 0 aliphatic heterocycles. The molecule has 5 nitrogen and oxygen atoms in total. The largest absolute Gasteiger partial charge is 0.469 e. The summed E-state index contributed by atoms with van der Waals surface area (Å²) < 4.78 is 7.35. The summed E-state index contributed by atoms with van der Waals surface area (Å²) in [4.78, 5) is 14.5. The van der Waals surface area contributed by atoms with Crippen LogP contribution in [0.4, 0.5) is 0 Å². The number of aromatic nitrogens is 2. The fourth-order valence-corrected chi connectivity index (χ4v) is 4.33. The number of carbonyl (C=O) groups is 1. The highest BCUT2D eigenvalue weighted by Crippen LogP contribution is 2.29. The number of nitrogens with one attached hydrogen (secondary N) is 1. The molecule has 4 rings (SSSR count). The first kappa shape index (κ1) is 18.5. The third kappa shape index (κ3) is 4.02. The van der Waals surface area contributed by atoms with E-state index in [9.17, 15) is 4.79 Å². The maximum atomic E-state index is 12.7. The molecular formula is C22H23N3O2S. The van der Waals surface area contributed by atoms with Crippen LogP contribution in [0.5, 0.6) is 0 Å². The zero-order valence-electron chi connectivity index (χ0n) is 16.0. The van der Waals surface area contributed by atoms with E-state index in [2.05, 4.69) is 22.5 Å². The second-order valence-electron chi connectivity index (χ2n) is 7.05. The summed E-state index contributed by atoms with van der Waals surface area (Å²) in [5.74, 6) is 0.915. The Bertz CT molecular complexity index is 1060. The number of carbonyl (C=O) groups excluding carboxylic acids is 1. The molecule has 1 amide bonds. The van der Waals surface area contributed by atoms with E-state index in [1.807, 2.05) is 54.9 Å². The molecule has 0 radical (unpaired) electrons. The van der Waals surface area contributed by atoms with Crippen molar-refractivity contribution in [1.29, 1.82) is 0 Å². The summed E-state index contributed by atoms with van der Waals surface area (Å²) in [7, 11) is 0. The molecule has 28 heavy (non-hydrogen) atoms. The Hall–Kier alpha value is -2.86. The molecule has 0 bridgehead atoms. The van der Waals surface area contributed by atoms with Crippen molar-refractivity contribution in [1.82, 2.24) is 15.1 Å². The molecule has 3 heterocycles. The highest BCUT2D eigenvalue weighted by atomic mass is 32.1. The van der Waals surface area contributed by atoms with Gasteiger partial charge in [-0.15, -0.1) is 11.3 Å². The van der Waals surface area contributed by atoms with Crippen molar-refractivity contribution in [2.24, 2.45) is 0 Å². The van der Waals surface area contributed by atoms with Crippen molar-refractivity contribution >= 4 is 27.5 Å². The monoisotopic (exact) mass is 393 g/mol. The molecule has 0 saturated heterocycles. The number of hydrogen-bond acceptors (Lipinski definition) is 4. The maximum absolute atomic E-state index is 12.7. The Balaban J connectivity index is 1.46. The van der Waals surface area contributed by atoms with Crippen LogP contribution in [0.3, 0.4) is 0 Å². The van der Waals surface area contributed by atoms with Crippen molar-refractivity contribution in [3.63, 3.8) is 0 Å². The van der Waals surface area contributed by atoms with E-state index in [0.717, 1.165) is 39.4 Å². The van der Waals surface area contributed by atoms with Crippen LogP contribution in [-0.2, 0) is 13.0 Å². The van der Waals surface area contributed by atoms with Crippen molar-refractivity contribution < 1.29 is 9.21 Å². The molecule has 1 N–H and O–H groups in total. The number of aryl methyl sites for hydroxylation is 2. The molecule has 0 spiro atoms. The second kappa shape index (κ2) is 8.02. The standard InChI is InChI=1S/C22H23N3O2S/c1-15(10-11-18-9-6-12-27-18)23-21(26)20-13-19-16(2)24-25(22(19)28-20)14-17-7-4-3-5-8-17/h3-9,12-13,15H,10-11,14H2,1-2H3,(H,23,26)/t15-/m0/s1. The first-order valence-corrected chi connectivity index (χ1v) is 10.3. The number of furan rings is 1. The minimum atomic E-state index is -0.0289. The zero-order chi connectivity index (χ0) is 19.5. The van der Waals surface area contributed by atoms with Gasteiger partial charge in [0.2, 0.25) is 0 Å². The maximum Gasteiger partial charge on any atom is 0.261 e. The average molecular weight is 394 g/mol. The van der Waals surface area contributed by atoms with Crippen LogP contribution in [0.25, 0.3) is 10.2 Å². The second-order valence-corrected chi connectivity index (χ2v) is 8.08. The predicted molar refractivity (Wildman–Crippen MR) is 112 cm³/mol. The number of amides is 1. The smallest absolute Gasteiger partial charge is 0.261 e. The van der Waals surface area contributed by atoms with Gasteiger partial charge in [0, 0.05) is 17.8 Å². The fraction of sp³-hybridized carbons (Fsp3) is 0.273. The lowest BCUT2D eigenvalue weighted by Gasteiger charge is -2.12. The number of nitrogens with zero attached hydrogens (tertiary/aromatic N) is 2. The minimum absolute atomic E-state index is 0.0289. The van der Waals surface area contributed by atoms with E-state index in [-0.39, 0.29) is 11.9 Å². The first-order valence-electron chi connectivity index (χ1n) is 9.44. The van der Waals surface area contributed by atoms with Crippen molar-refractivity contribution in [2.45, 2.75) is 39.3 Å². The highest BCUT2D eigenvalue weighted by Gasteiger charge is 2.18. The molecule has 0 aliphatic carbocycles.